The van der Waals surface area contributed by atoms with E-state index < -0.39 is 0 Å². The van der Waals surface area contributed by atoms with Crippen LogP contribution in [0.1, 0.15) is 19.3 Å². The molecule has 0 aromatic carbocycles. The molecule has 1 aromatic heterocycles. The predicted octanol–water partition coefficient (Wildman–Crippen LogP) is 0.159. The van der Waals surface area contributed by atoms with Gasteiger partial charge in [-0.2, -0.15) is 5.10 Å². The van der Waals surface area contributed by atoms with E-state index in [1.165, 1.54) is 0 Å². The van der Waals surface area contributed by atoms with Crippen LogP contribution in [0.3, 0.4) is 0 Å². The van der Waals surface area contributed by atoms with E-state index in [1.54, 1.807) is 20.7 Å². The fourth-order valence-electron chi connectivity index (χ4n) is 2.98. The second kappa shape index (κ2) is 7.11. The number of carbonyl (C=O) groups is 2. The molecule has 1 aromatic rings. The predicted molar refractivity (Wildman–Crippen MR) is 85.0 cm³/mol. The van der Waals surface area contributed by atoms with Crippen molar-refractivity contribution in [2.75, 3.05) is 31.1 Å². The number of piperazine rings is 1. The number of amides is 2. The first-order chi connectivity index (χ1) is 10.1. The van der Waals surface area contributed by atoms with E-state index in [4.69, 9.17) is 0 Å². The molecule has 2 fully saturated rings. The Morgan fingerprint density at radius 3 is 2.86 bits per heavy atom. The van der Waals surface area contributed by atoms with Gasteiger partial charge in [-0.1, -0.05) is 0 Å². The lowest BCUT2D eigenvalue weighted by atomic mass is 10.1. The lowest BCUT2D eigenvalue weighted by Gasteiger charge is -2.34. The summed E-state index contributed by atoms with van der Waals surface area (Å²) in [6.45, 7) is 2.28. The lowest BCUT2D eigenvalue weighted by molar-refractivity contribution is -0.137. The third-order valence-corrected chi connectivity index (χ3v) is 4.16. The molecule has 1 unspecified atom stereocenters. The highest BCUT2D eigenvalue weighted by Crippen LogP contribution is 2.17. The first kappa shape index (κ1) is 16.8. The van der Waals surface area contributed by atoms with E-state index in [2.05, 4.69) is 10.4 Å². The van der Waals surface area contributed by atoms with Gasteiger partial charge in [-0.05, 0) is 19.4 Å². The van der Waals surface area contributed by atoms with Crippen LogP contribution in [0, 0.1) is 0 Å². The molecule has 3 heterocycles. The smallest absolute Gasteiger partial charge is 0.246 e. The molecule has 0 bridgehead atoms. The first-order valence-corrected chi connectivity index (χ1v) is 7.43. The third-order valence-electron chi connectivity index (χ3n) is 4.16. The Labute approximate surface area is 136 Å². The molecule has 2 amide bonds. The lowest BCUT2D eigenvalue weighted by Crippen LogP contribution is -2.53. The van der Waals surface area contributed by atoms with Crippen molar-refractivity contribution in [1.82, 2.24) is 20.0 Å². The summed E-state index contributed by atoms with van der Waals surface area (Å²) in [6, 6.07) is 0.281. The van der Waals surface area contributed by atoms with Crippen molar-refractivity contribution in [3.8, 4) is 0 Å². The van der Waals surface area contributed by atoms with Crippen molar-refractivity contribution in [1.29, 1.82) is 0 Å². The van der Waals surface area contributed by atoms with E-state index in [-0.39, 0.29) is 36.8 Å². The summed E-state index contributed by atoms with van der Waals surface area (Å²) in [4.78, 5) is 27.9. The summed E-state index contributed by atoms with van der Waals surface area (Å²) in [6.07, 6.45) is 6.18. The minimum Gasteiger partial charge on any atom is -0.332 e. The monoisotopic (exact) mass is 327 g/mol. The van der Waals surface area contributed by atoms with Crippen LogP contribution >= 0.6 is 12.4 Å². The maximum Gasteiger partial charge on any atom is 0.246 e. The number of aromatic nitrogens is 2. The Balaban J connectivity index is 0.00000176. The maximum absolute atomic E-state index is 12.2. The Morgan fingerprint density at radius 2 is 2.27 bits per heavy atom. The van der Waals surface area contributed by atoms with Gasteiger partial charge in [0.2, 0.25) is 11.8 Å². The number of halogens is 1. The molecular weight excluding hydrogens is 306 g/mol. The number of hydrogen-bond donors (Lipinski definition) is 1. The summed E-state index contributed by atoms with van der Waals surface area (Å²) in [5, 5.41) is 7.40. The molecule has 3 rings (SSSR count). The maximum atomic E-state index is 12.2. The molecule has 8 heteroatoms. The second-order valence-electron chi connectivity index (χ2n) is 5.73. The zero-order chi connectivity index (χ0) is 14.8. The Morgan fingerprint density at radius 1 is 1.45 bits per heavy atom. The molecule has 1 N–H and O–H groups in total. The molecule has 0 radical (unpaired) electrons. The molecule has 1 atom stereocenters. The van der Waals surface area contributed by atoms with Crippen molar-refractivity contribution < 1.29 is 9.59 Å². The fourth-order valence-corrected chi connectivity index (χ4v) is 2.98. The van der Waals surface area contributed by atoms with Gasteiger partial charge in [0.25, 0.3) is 0 Å². The minimum absolute atomic E-state index is 0. The van der Waals surface area contributed by atoms with Crippen LogP contribution in [-0.2, 0) is 16.6 Å². The number of rotatable bonds is 3. The number of aryl methyl sites for hydroxylation is 1. The highest BCUT2D eigenvalue weighted by Gasteiger charge is 2.30. The van der Waals surface area contributed by atoms with Crippen LogP contribution < -0.4 is 10.2 Å². The molecule has 2 aliphatic heterocycles. The highest BCUT2D eigenvalue weighted by molar-refractivity contribution is 5.97. The largest absolute Gasteiger partial charge is 0.332 e. The zero-order valence-electron chi connectivity index (χ0n) is 12.7. The van der Waals surface area contributed by atoms with Gasteiger partial charge in [-0.15, -0.1) is 12.4 Å². The van der Waals surface area contributed by atoms with E-state index in [0.29, 0.717) is 19.5 Å². The van der Waals surface area contributed by atoms with Crippen molar-refractivity contribution in [3.05, 3.63) is 12.4 Å². The summed E-state index contributed by atoms with van der Waals surface area (Å²) in [7, 11) is 1.82. The standard InChI is InChI=1S/C14H21N5O2.ClH/c1-17-9-12(8-16-17)19-6-5-18(10-14(19)21)13(20)7-11-3-2-4-15-11;/h8-9,11,15H,2-7,10H2,1H3;1H. The van der Waals surface area contributed by atoms with Crippen LogP contribution in [0.15, 0.2) is 12.4 Å². The van der Waals surface area contributed by atoms with Gasteiger partial charge in [0.1, 0.15) is 6.54 Å². The fraction of sp³-hybridized carbons (Fsp3) is 0.643. The van der Waals surface area contributed by atoms with E-state index in [0.717, 1.165) is 25.1 Å². The van der Waals surface area contributed by atoms with Crippen molar-refractivity contribution in [2.45, 2.75) is 25.3 Å². The summed E-state index contributed by atoms with van der Waals surface area (Å²) in [5.41, 5.74) is 0.798. The van der Waals surface area contributed by atoms with Crippen LogP contribution in [0.5, 0.6) is 0 Å². The van der Waals surface area contributed by atoms with Gasteiger partial charge in [-0.25, -0.2) is 0 Å². The summed E-state index contributed by atoms with van der Waals surface area (Å²) in [5.74, 6) is 0.0376. The minimum atomic E-state index is -0.0398. The van der Waals surface area contributed by atoms with Gasteiger partial charge in [0.15, 0.2) is 0 Å². The number of hydrogen-bond acceptors (Lipinski definition) is 4. The molecule has 122 valence electrons. The quantitative estimate of drug-likeness (QED) is 0.858. The summed E-state index contributed by atoms with van der Waals surface area (Å²) < 4.78 is 1.67. The molecule has 0 aliphatic carbocycles. The Bertz CT molecular complexity index is 541. The number of carbonyl (C=O) groups excluding carboxylic acids is 2. The molecular formula is C14H22ClN5O2. The Kier molecular flexibility index (Phi) is 5.42. The zero-order valence-corrected chi connectivity index (χ0v) is 13.5. The van der Waals surface area contributed by atoms with Crippen molar-refractivity contribution in [3.63, 3.8) is 0 Å². The van der Waals surface area contributed by atoms with E-state index in [1.807, 2.05) is 13.2 Å². The van der Waals surface area contributed by atoms with E-state index in [9.17, 15) is 9.59 Å². The number of nitrogens with one attached hydrogen (secondary N) is 1. The van der Waals surface area contributed by atoms with Crippen LogP contribution in [0.2, 0.25) is 0 Å². The normalized spacial score (nSPS) is 21.9. The van der Waals surface area contributed by atoms with Crippen molar-refractivity contribution >= 4 is 29.9 Å². The molecule has 0 spiro atoms. The average molecular weight is 328 g/mol. The SMILES string of the molecule is Cl.Cn1cc(N2CCN(C(=O)CC3CCCN3)CC2=O)cn1. The molecule has 7 nitrogen and oxygen atoms in total. The first-order valence-electron chi connectivity index (χ1n) is 7.43. The van der Waals surface area contributed by atoms with E-state index >= 15 is 0 Å². The number of anilines is 1. The molecule has 2 aliphatic rings. The molecule has 0 saturated carbocycles. The van der Waals surface area contributed by atoms with Crippen LogP contribution in [-0.4, -0.2) is 58.7 Å². The highest BCUT2D eigenvalue weighted by atomic mass is 35.5. The second-order valence-corrected chi connectivity index (χ2v) is 5.73. The molecule has 2 saturated heterocycles. The van der Waals surface area contributed by atoms with Gasteiger partial charge >= 0.3 is 0 Å². The van der Waals surface area contributed by atoms with Gasteiger partial charge in [0.05, 0.1) is 11.9 Å². The Hall–Kier alpha value is -1.60. The van der Waals surface area contributed by atoms with Gasteiger partial charge in [0, 0.05) is 38.8 Å². The van der Waals surface area contributed by atoms with Gasteiger partial charge < -0.3 is 15.1 Å². The van der Waals surface area contributed by atoms with Gasteiger partial charge in [-0.3, -0.25) is 14.3 Å². The molecule has 22 heavy (non-hydrogen) atoms. The third kappa shape index (κ3) is 3.59. The van der Waals surface area contributed by atoms with Crippen LogP contribution in [0.25, 0.3) is 0 Å². The summed E-state index contributed by atoms with van der Waals surface area (Å²) >= 11 is 0. The van der Waals surface area contributed by atoms with Crippen LogP contribution in [0.4, 0.5) is 5.69 Å². The average Bonchev–Trinajstić information content (AvgIpc) is 3.10. The topological polar surface area (TPSA) is 70.5 Å². The van der Waals surface area contributed by atoms with Crippen molar-refractivity contribution in [2.24, 2.45) is 7.05 Å². The number of nitrogens with zero attached hydrogens (tertiary/aromatic N) is 4.